The second kappa shape index (κ2) is 6.24. The van der Waals surface area contributed by atoms with Crippen molar-refractivity contribution in [1.82, 2.24) is 19.7 Å². The van der Waals surface area contributed by atoms with Crippen LogP contribution in [0.2, 0.25) is 0 Å². The number of fused-ring (bicyclic) bond motifs is 1. The number of aromatic nitrogens is 3. The van der Waals surface area contributed by atoms with E-state index in [0.29, 0.717) is 5.56 Å². The molecule has 0 N–H and O–H groups in total. The number of unbranched alkanes of at least 4 members (excludes halogenated alkanes) is 1. The van der Waals surface area contributed by atoms with Gasteiger partial charge in [-0.25, -0.2) is 9.67 Å². The molecule has 2 aromatic rings. The van der Waals surface area contributed by atoms with E-state index in [2.05, 4.69) is 30.9 Å². The van der Waals surface area contributed by atoms with Crippen molar-refractivity contribution in [3.63, 3.8) is 0 Å². The molecule has 5 heteroatoms. The summed E-state index contributed by atoms with van der Waals surface area (Å²) in [4.78, 5) is 18.9. The Bertz CT molecular complexity index is 645. The first-order valence-electron chi connectivity index (χ1n) is 7.56. The van der Waals surface area contributed by atoms with E-state index < -0.39 is 0 Å². The van der Waals surface area contributed by atoms with Crippen molar-refractivity contribution in [2.45, 2.75) is 46.6 Å². The summed E-state index contributed by atoms with van der Waals surface area (Å²) in [6, 6.07) is 2.16. The number of rotatable bonds is 5. The van der Waals surface area contributed by atoms with Crippen molar-refractivity contribution in [1.29, 1.82) is 0 Å². The van der Waals surface area contributed by atoms with E-state index in [1.807, 2.05) is 24.7 Å². The van der Waals surface area contributed by atoms with E-state index in [4.69, 9.17) is 0 Å². The maximum absolute atomic E-state index is 12.5. The van der Waals surface area contributed by atoms with Crippen LogP contribution in [0.5, 0.6) is 0 Å². The van der Waals surface area contributed by atoms with Crippen LogP contribution >= 0.6 is 0 Å². The van der Waals surface area contributed by atoms with Gasteiger partial charge in [-0.05, 0) is 33.3 Å². The fraction of sp³-hybridized carbons (Fsp3) is 0.562. The lowest BCUT2D eigenvalue weighted by atomic mass is 10.1. The lowest BCUT2D eigenvalue weighted by Crippen LogP contribution is -2.28. The van der Waals surface area contributed by atoms with Gasteiger partial charge in [0.25, 0.3) is 5.91 Å². The van der Waals surface area contributed by atoms with Gasteiger partial charge in [0.1, 0.15) is 0 Å². The number of hydrogen-bond acceptors (Lipinski definition) is 3. The van der Waals surface area contributed by atoms with Crippen molar-refractivity contribution >= 4 is 16.9 Å². The minimum atomic E-state index is 0.0349. The summed E-state index contributed by atoms with van der Waals surface area (Å²) in [5, 5.41) is 5.28. The SMILES string of the molecule is CCCCN(C)C(=O)c1cc2cnn(C(C)C)c2nc1C. The van der Waals surface area contributed by atoms with Gasteiger partial charge in [0.2, 0.25) is 0 Å². The summed E-state index contributed by atoms with van der Waals surface area (Å²) in [5.74, 6) is 0.0349. The Hall–Kier alpha value is -1.91. The second-order valence-electron chi connectivity index (χ2n) is 5.80. The zero-order valence-electron chi connectivity index (χ0n) is 13.6. The van der Waals surface area contributed by atoms with Gasteiger partial charge in [-0.1, -0.05) is 13.3 Å². The van der Waals surface area contributed by atoms with E-state index in [1.165, 1.54) is 0 Å². The van der Waals surface area contributed by atoms with Crippen LogP contribution in [0, 0.1) is 6.92 Å². The normalized spacial score (nSPS) is 11.3. The van der Waals surface area contributed by atoms with Gasteiger partial charge in [-0.2, -0.15) is 5.10 Å². The molecule has 0 spiro atoms. The fourth-order valence-corrected chi connectivity index (χ4v) is 2.36. The third kappa shape index (κ3) is 3.06. The largest absolute Gasteiger partial charge is 0.342 e. The van der Waals surface area contributed by atoms with Crippen LogP contribution in [0.4, 0.5) is 0 Å². The maximum atomic E-state index is 12.5. The van der Waals surface area contributed by atoms with Crippen LogP contribution in [-0.4, -0.2) is 39.2 Å². The summed E-state index contributed by atoms with van der Waals surface area (Å²) >= 11 is 0. The van der Waals surface area contributed by atoms with Crippen molar-refractivity contribution in [3.8, 4) is 0 Å². The molecule has 0 saturated heterocycles. The quantitative estimate of drug-likeness (QED) is 0.849. The summed E-state index contributed by atoms with van der Waals surface area (Å²) < 4.78 is 1.89. The van der Waals surface area contributed by atoms with Crippen LogP contribution in [0.3, 0.4) is 0 Å². The van der Waals surface area contributed by atoms with E-state index in [-0.39, 0.29) is 11.9 Å². The Morgan fingerprint density at radius 3 is 2.76 bits per heavy atom. The molecular formula is C16H24N4O. The molecule has 0 unspecified atom stereocenters. The summed E-state index contributed by atoms with van der Waals surface area (Å²) in [6.07, 6.45) is 3.88. The van der Waals surface area contributed by atoms with E-state index in [1.54, 1.807) is 11.1 Å². The van der Waals surface area contributed by atoms with Crippen LogP contribution in [-0.2, 0) is 0 Å². The van der Waals surface area contributed by atoms with E-state index >= 15 is 0 Å². The molecule has 1 amide bonds. The van der Waals surface area contributed by atoms with Crippen molar-refractivity contribution in [3.05, 3.63) is 23.5 Å². The molecule has 114 valence electrons. The lowest BCUT2D eigenvalue weighted by molar-refractivity contribution is 0.0792. The molecule has 0 aliphatic rings. The second-order valence-corrected chi connectivity index (χ2v) is 5.80. The number of amides is 1. The average Bonchev–Trinajstić information content (AvgIpc) is 2.85. The highest BCUT2D eigenvalue weighted by Gasteiger charge is 2.17. The number of carbonyl (C=O) groups excluding carboxylic acids is 1. The monoisotopic (exact) mass is 288 g/mol. The highest BCUT2D eigenvalue weighted by Crippen LogP contribution is 2.20. The molecule has 2 aromatic heterocycles. The molecule has 0 saturated carbocycles. The van der Waals surface area contributed by atoms with Crippen molar-refractivity contribution in [2.75, 3.05) is 13.6 Å². The van der Waals surface area contributed by atoms with Gasteiger partial charge in [0.15, 0.2) is 5.65 Å². The Morgan fingerprint density at radius 1 is 1.43 bits per heavy atom. The molecule has 0 fully saturated rings. The molecular weight excluding hydrogens is 264 g/mol. The van der Waals surface area contributed by atoms with Crippen LogP contribution in [0.15, 0.2) is 12.3 Å². The molecule has 0 atom stereocenters. The molecule has 0 bridgehead atoms. The number of carbonyl (C=O) groups is 1. The van der Waals surface area contributed by atoms with Crippen LogP contribution in [0.1, 0.15) is 55.7 Å². The Kier molecular flexibility index (Phi) is 4.60. The van der Waals surface area contributed by atoms with Crippen molar-refractivity contribution in [2.24, 2.45) is 0 Å². The minimum absolute atomic E-state index is 0.0349. The first kappa shape index (κ1) is 15.5. The molecule has 0 aromatic carbocycles. The Balaban J connectivity index is 2.37. The number of hydrogen-bond donors (Lipinski definition) is 0. The molecule has 2 rings (SSSR count). The van der Waals surface area contributed by atoms with Gasteiger partial charge >= 0.3 is 0 Å². The fourth-order valence-electron chi connectivity index (χ4n) is 2.36. The Labute approximate surface area is 126 Å². The first-order valence-corrected chi connectivity index (χ1v) is 7.56. The summed E-state index contributed by atoms with van der Waals surface area (Å²) in [5.41, 5.74) is 2.28. The molecule has 21 heavy (non-hydrogen) atoms. The van der Waals surface area contributed by atoms with Crippen LogP contribution in [0.25, 0.3) is 11.0 Å². The average molecular weight is 288 g/mol. The van der Waals surface area contributed by atoms with E-state index in [0.717, 1.165) is 36.1 Å². The topological polar surface area (TPSA) is 51.0 Å². The maximum Gasteiger partial charge on any atom is 0.255 e. The standard InChI is InChI=1S/C16H24N4O/c1-6-7-8-19(5)16(21)14-9-13-10-17-20(11(2)3)15(13)18-12(14)4/h9-11H,6-8H2,1-5H3. The predicted octanol–water partition coefficient (Wildman–Crippen LogP) is 3.19. The van der Waals surface area contributed by atoms with Gasteiger partial charge in [0.05, 0.1) is 17.5 Å². The third-order valence-corrected chi connectivity index (χ3v) is 3.67. The molecule has 0 aliphatic carbocycles. The highest BCUT2D eigenvalue weighted by atomic mass is 16.2. The molecule has 0 aliphatic heterocycles. The smallest absolute Gasteiger partial charge is 0.255 e. The third-order valence-electron chi connectivity index (χ3n) is 3.67. The number of pyridine rings is 1. The van der Waals surface area contributed by atoms with Gasteiger partial charge < -0.3 is 4.90 Å². The summed E-state index contributed by atoms with van der Waals surface area (Å²) in [6.45, 7) is 8.93. The minimum Gasteiger partial charge on any atom is -0.342 e. The van der Waals surface area contributed by atoms with Gasteiger partial charge in [0, 0.05) is 25.0 Å². The Morgan fingerprint density at radius 2 is 2.14 bits per heavy atom. The molecule has 2 heterocycles. The zero-order valence-corrected chi connectivity index (χ0v) is 13.6. The van der Waals surface area contributed by atoms with Gasteiger partial charge in [-0.3, -0.25) is 4.79 Å². The molecule has 5 nitrogen and oxygen atoms in total. The number of nitrogens with zero attached hydrogens (tertiary/aromatic N) is 4. The first-order chi connectivity index (χ1) is 9.95. The zero-order chi connectivity index (χ0) is 15.6. The highest BCUT2D eigenvalue weighted by molar-refractivity contribution is 5.98. The van der Waals surface area contributed by atoms with Crippen molar-refractivity contribution < 1.29 is 4.79 Å². The van der Waals surface area contributed by atoms with Crippen LogP contribution < -0.4 is 0 Å². The molecule has 0 radical (unpaired) electrons. The van der Waals surface area contributed by atoms with E-state index in [9.17, 15) is 4.79 Å². The predicted molar refractivity (Wildman–Crippen MR) is 84.5 cm³/mol. The number of aryl methyl sites for hydroxylation is 1. The van der Waals surface area contributed by atoms with Gasteiger partial charge in [-0.15, -0.1) is 0 Å². The lowest BCUT2D eigenvalue weighted by Gasteiger charge is -2.18. The summed E-state index contributed by atoms with van der Waals surface area (Å²) in [7, 11) is 1.85.